The Kier molecular flexibility index (Phi) is 6.61. The highest BCUT2D eigenvalue weighted by Gasteiger charge is 2.26. The quantitative estimate of drug-likeness (QED) is 0.798. The summed E-state index contributed by atoms with van der Waals surface area (Å²) in [5, 5.41) is 5.73. The Hall–Kier alpha value is -1.51. The van der Waals surface area contributed by atoms with Gasteiger partial charge in [-0.1, -0.05) is 6.92 Å². The smallest absolute Gasteiger partial charge is 0.273 e. The molecule has 26 heavy (non-hydrogen) atoms. The number of nitrogens with zero attached hydrogens (tertiary/aromatic N) is 3. The van der Waals surface area contributed by atoms with Crippen LogP contribution in [0.3, 0.4) is 0 Å². The van der Waals surface area contributed by atoms with Gasteiger partial charge in [-0.3, -0.25) is 14.5 Å². The molecule has 0 aromatic carbocycles. The molecule has 2 heterocycles. The Morgan fingerprint density at radius 1 is 1.23 bits per heavy atom. The summed E-state index contributed by atoms with van der Waals surface area (Å²) in [7, 11) is 0. The van der Waals surface area contributed by atoms with Crippen LogP contribution in [0.25, 0.3) is 0 Å². The largest absolute Gasteiger partial charge is 0.352 e. The van der Waals surface area contributed by atoms with Gasteiger partial charge in [0.05, 0.1) is 6.54 Å². The number of amides is 2. The number of carbonyl (C=O) groups is 2. The van der Waals surface area contributed by atoms with E-state index in [9.17, 15) is 9.59 Å². The molecule has 1 aliphatic carbocycles. The molecule has 8 heteroatoms. The Morgan fingerprint density at radius 2 is 1.92 bits per heavy atom. The van der Waals surface area contributed by atoms with Crippen molar-refractivity contribution in [1.82, 2.24) is 20.1 Å². The number of hydrogen-bond acceptors (Lipinski definition) is 6. The summed E-state index contributed by atoms with van der Waals surface area (Å²) >= 11 is 1.42. The third-order valence-electron chi connectivity index (χ3n) is 5.35. The molecule has 7 nitrogen and oxygen atoms in total. The van der Waals surface area contributed by atoms with Crippen molar-refractivity contribution in [2.24, 2.45) is 11.7 Å². The summed E-state index contributed by atoms with van der Waals surface area (Å²) in [4.78, 5) is 33.0. The number of nitrogens with two attached hydrogens (primary N) is 1. The molecule has 0 atom stereocenters. The fourth-order valence-corrected chi connectivity index (χ4v) is 4.30. The van der Waals surface area contributed by atoms with Gasteiger partial charge in [0.25, 0.3) is 5.91 Å². The monoisotopic (exact) mass is 379 g/mol. The van der Waals surface area contributed by atoms with Crippen LogP contribution in [-0.4, -0.2) is 65.4 Å². The molecule has 0 radical (unpaired) electrons. The Labute approximate surface area is 158 Å². The molecule has 1 aromatic heterocycles. The van der Waals surface area contributed by atoms with Crippen molar-refractivity contribution >= 4 is 23.2 Å². The molecule has 3 N–H and O–H groups in total. The minimum absolute atomic E-state index is 0.0404. The van der Waals surface area contributed by atoms with Crippen molar-refractivity contribution in [3.8, 4) is 0 Å². The van der Waals surface area contributed by atoms with Gasteiger partial charge in [-0.15, -0.1) is 11.3 Å². The molecule has 0 spiro atoms. The van der Waals surface area contributed by atoms with E-state index in [1.807, 2.05) is 4.90 Å². The summed E-state index contributed by atoms with van der Waals surface area (Å²) < 4.78 is 0. The van der Waals surface area contributed by atoms with E-state index >= 15 is 0 Å². The predicted molar refractivity (Wildman–Crippen MR) is 102 cm³/mol. The highest BCUT2D eigenvalue weighted by atomic mass is 32.1. The maximum Gasteiger partial charge on any atom is 0.273 e. The molecule has 0 bridgehead atoms. The Bertz CT molecular complexity index is 619. The molecular formula is C18H29N5O2S. The van der Waals surface area contributed by atoms with Crippen molar-refractivity contribution in [3.05, 3.63) is 16.1 Å². The van der Waals surface area contributed by atoms with E-state index < -0.39 is 0 Å². The minimum atomic E-state index is -0.0404. The summed E-state index contributed by atoms with van der Waals surface area (Å²) in [6.45, 7) is 5.75. The molecule has 1 aliphatic heterocycles. The first kappa shape index (κ1) is 19.3. The molecule has 3 rings (SSSR count). The molecule has 2 aliphatic rings. The lowest BCUT2D eigenvalue weighted by Gasteiger charge is -2.34. The van der Waals surface area contributed by atoms with Crippen molar-refractivity contribution in [1.29, 1.82) is 0 Å². The summed E-state index contributed by atoms with van der Waals surface area (Å²) in [5.41, 5.74) is 6.04. The van der Waals surface area contributed by atoms with Gasteiger partial charge >= 0.3 is 0 Å². The van der Waals surface area contributed by atoms with Gasteiger partial charge in [-0.05, 0) is 31.6 Å². The zero-order chi connectivity index (χ0) is 18.5. The van der Waals surface area contributed by atoms with Crippen LogP contribution in [0.1, 0.15) is 48.1 Å². The average molecular weight is 380 g/mol. The van der Waals surface area contributed by atoms with Gasteiger partial charge in [0.1, 0.15) is 10.7 Å². The second-order valence-corrected chi connectivity index (χ2v) is 8.37. The van der Waals surface area contributed by atoms with Crippen LogP contribution >= 0.6 is 11.3 Å². The first-order valence-corrected chi connectivity index (χ1v) is 10.4. The topological polar surface area (TPSA) is 91.6 Å². The van der Waals surface area contributed by atoms with Crippen LogP contribution < -0.4 is 11.1 Å². The van der Waals surface area contributed by atoms with Gasteiger partial charge in [-0.25, -0.2) is 4.98 Å². The number of aromatic nitrogens is 1. The third kappa shape index (κ3) is 5.02. The van der Waals surface area contributed by atoms with Crippen molar-refractivity contribution in [2.45, 2.75) is 45.2 Å². The standard InChI is InChI=1S/C18H29N5O2S/c1-13-2-4-14(5-3-13)20-16(24)11-22-6-8-23(9-7-22)18(25)15-12-26-17(10-19)21-15/h12-14H,2-11,19H2,1H3,(H,20,24). The molecular weight excluding hydrogens is 350 g/mol. The van der Waals surface area contributed by atoms with E-state index in [2.05, 4.69) is 22.1 Å². The first-order chi connectivity index (χ1) is 12.5. The maximum absolute atomic E-state index is 12.5. The fraction of sp³-hybridized carbons (Fsp3) is 0.722. The predicted octanol–water partition coefficient (Wildman–Crippen LogP) is 1.05. The van der Waals surface area contributed by atoms with Gasteiger partial charge in [0.15, 0.2) is 0 Å². The number of piperazine rings is 1. The lowest BCUT2D eigenvalue weighted by Crippen LogP contribution is -2.52. The molecule has 2 fully saturated rings. The van der Waals surface area contributed by atoms with E-state index in [4.69, 9.17) is 5.73 Å². The Balaban J connectivity index is 1.40. The van der Waals surface area contributed by atoms with Crippen LogP contribution in [0.2, 0.25) is 0 Å². The lowest BCUT2D eigenvalue weighted by molar-refractivity contribution is -0.123. The van der Waals surface area contributed by atoms with Crippen molar-refractivity contribution in [2.75, 3.05) is 32.7 Å². The highest BCUT2D eigenvalue weighted by molar-refractivity contribution is 7.09. The van der Waals surface area contributed by atoms with Gasteiger partial charge in [0.2, 0.25) is 5.91 Å². The number of thiazole rings is 1. The van der Waals surface area contributed by atoms with Gasteiger partial charge in [-0.2, -0.15) is 0 Å². The van der Waals surface area contributed by atoms with Crippen LogP contribution in [0.5, 0.6) is 0 Å². The Morgan fingerprint density at radius 3 is 2.54 bits per heavy atom. The third-order valence-corrected chi connectivity index (χ3v) is 6.22. The SMILES string of the molecule is CC1CCC(NC(=O)CN2CCN(C(=O)c3csc(CN)n3)CC2)CC1. The highest BCUT2D eigenvalue weighted by Crippen LogP contribution is 2.23. The van der Waals surface area contributed by atoms with Crippen LogP contribution in [0, 0.1) is 5.92 Å². The number of hydrogen-bond donors (Lipinski definition) is 2. The maximum atomic E-state index is 12.5. The number of rotatable bonds is 5. The number of nitrogens with one attached hydrogen (secondary N) is 1. The van der Waals surface area contributed by atoms with Gasteiger partial charge < -0.3 is 16.0 Å². The second kappa shape index (κ2) is 8.92. The average Bonchev–Trinajstić information content (AvgIpc) is 3.13. The molecule has 0 unspecified atom stereocenters. The van der Waals surface area contributed by atoms with E-state index in [0.29, 0.717) is 37.9 Å². The van der Waals surface area contributed by atoms with Crippen LogP contribution in [-0.2, 0) is 11.3 Å². The van der Waals surface area contributed by atoms with Crippen LogP contribution in [0.4, 0.5) is 0 Å². The normalized spacial score (nSPS) is 24.5. The van der Waals surface area contributed by atoms with Crippen molar-refractivity contribution < 1.29 is 9.59 Å². The molecule has 2 amide bonds. The van der Waals surface area contributed by atoms with Crippen LogP contribution in [0.15, 0.2) is 5.38 Å². The first-order valence-electron chi connectivity index (χ1n) is 9.50. The summed E-state index contributed by atoms with van der Waals surface area (Å²) in [6.07, 6.45) is 4.59. The van der Waals surface area contributed by atoms with E-state index in [-0.39, 0.29) is 11.8 Å². The molecule has 1 saturated carbocycles. The van der Waals surface area contributed by atoms with E-state index in [1.165, 1.54) is 24.2 Å². The summed E-state index contributed by atoms with van der Waals surface area (Å²) in [5.74, 6) is 0.852. The molecule has 1 aromatic rings. The fourth-order valence-electron chi connectivity index (χ4n) is 3.65. The number of carbonyl (C=O) groups excluding carboxylic acids is 2. The van der Waals surface area contributed by atoms with E-state index in [0.717, 1.165) is 36.9 Å². The zero-order valence-corrected chi connectivity index (χ0v) is 16.3. The molecule has 144 valence electrons. The second-order valence-electron chi connectivity index (χ2n) is 7.42. The molecule has 1 saturated heterocycles. The zero-order valence-electron chi connectivity index (χ0n) is 15.4. The van der Waals surface area contributed by atoms with E-state index in [1.54, 1.807) is 5.38 Å². The summed E-state index contributed by atoms with van der Waals surface area (Å²) in [6, 6.07) is 0.336. The van der Waals surface area contributed by atoms with Crippen molar-refractivity contribution in [3.63, 3.8) is 0 Å². The van der Waals surface area contributed by atoms with Gasteiger partial charge in [0, 0.05) is 44.1 Å². The lowest BCUT2D eigenvalue weighted by atomic mass is 9.87. The minimum Gasteiger partial charge on any atom is -0.352 e.